The molecule has 0 amide bonds. The van der Waals surface area contributed by atoms with E-state index in [1.165, 1.54) is 6.33 Å². The molecule has 1 aromatic heterocycles. The van der Waals surface area contributed by atoms with Gasteiger partial charge in [0.25, 0.3) is 5.56 Å². The summed E-state index contributed by atoms with van der Waals surface area (Å²) in [6.45, 7) is 0.508. The summed E-state index contributed by atoms with van der Waals surface area (Å²) in [5.41, 5.74) is -0.223. The van der Waals surface area contributed by atoms with Crippen LogP contribution in [-0.4, -0.2) is 35.6 Å². The Morgan fingerprint density at radius 2 is 2.50 bits per heavy atom. The lowest BCUT2D eigenvalue weighted by molar-refractivity contribution is 0.184. The van der Waals surface area contributed by atoms with Gasteiger partial charge in [0.15, 0.2) is 0 Å². The SMILES string of the molecule is COCC(CCCl)Nc1nc[nH]c(=O)c1Br. The van der Waals surface area contributed by atoms with Crippen LogP contribution in [0.2, 0.25) is 0 Å². The van der Waals surface area contributed by atoms with Crippen LogP contribution in [0, 0.1) is 0 Å². The van der Waals surface area contributed by atoms with Gasteiger partial charge in [-0.05, 0) is 22.4 Å². The number of nitrogens with zero attached hydrogens (tertiary/aromatic N) is 1. The maximum atomic E-state index is 11.3. The molecule has 90 valence electrons. The summed E-state index contributed by atoms with van der Waals surface area (Å²) in [5, 5.41) is 3.10. The Balaban J connectivity index is 2.76. The molecule has 0 spiro atoms. The Bertz CT molecular complexity index is 379. The van der Waals surface area contributed by atoms with E-state index in [-0.39, 0.29) is 11.6 Å². The molecule has 5 nitrogen and oxygen atoms in total. The molecular weight excluding hydrogens is 297 g/mol. The predicted molar refractivity (Wildman–Crippen MR) is 67.2 cm³/mol. The fourth-order valence-corrected chi connectivity index (χ4v) is 1.80. The molecule has 0 aromatic carbocycles. The van der Waals surface area contributed by atoms with Crippen LogP contribution in [0.1, 0.15) is 6.42 Å². The topological polar surface area (TPSA) is 67.0 Å². The summed E-state index contributed by atoms with van der Waals surface area (Å²) >= 11 is 8.84. The molecular formula is C9H13BrClN3O2. The van der Waals surface area contributed by atoms with E-state index in [0.29, 0.717) is 22.8 Å². The second-order valence-corrected chi connectivity index (χ2v) is 4.34. The first-order valence-corrected chi connectivity index (χ1v) is 6.06. The molecule has 1 rings (SSSR count). The van der Waals surface area contributed by atoms with Crippen molar-refractivity contribution in [3.05, 3.63) is 21.2 Å². The van der Waals surface area contributed by atoms with Crippen LogP contribution in [0.4, 0.5) is 5.82 Å². The largest absolute Gasteiger partial charge is 0.383 e. The van der Waals surface area contributed by atoms with Gasteiger partial charge in [-0.1, -0.05) is 0 Å². The number of aromatic amines is 1. The summed E-state index contributed by atoms with van der Waals surface area (Å²) in [6, 6.07) is 0.0353. The molecule has 0 aliphatic carbocycles. The molecule has 1 atom stereocenters. The molecule has 0 aliphatic rings. The monoisotopic (exact) mass is 309 g/mol. The van der Waals surface area contributed by atoms with Gasteiger partial charge in [0.05, 0.1) is 19.0 Å². The van der Waals surface area contributed by atoms with Crippen molar-refractivity contribution in [3.63, 3.8) is 0 Å². The van der Waals surface area contributed by atoms with Gasteiger partial charge < -0.3 is 15.0 Å². The molecule has 0 bridgehead atoms. The highest BCUT2D eigenvalue weighted by Crippen LogP contribution is 2.15. The van der Waals surface area contributed by atoms with Crippen molar-refractivity contribution >= 4 is 33.3 Å². The molecule has 1 heterocycles. The van der Waals surface area contributed by atoms with Crippen molar-refractivity contribution in [2.75, 3.05) is 24.9 Å². The van der Waals surface area contributed by atoms with Gasteiger partial charge in [-0.15, -0.1) is 11.6 Å². The van der Waals surface area contributed by atoms with Crippen LogP contribution >= 0.6 is 27.5 Å². The van der Waals surface area contributed by atoms with Gasteiger partial charge in [-0.3, -0.25) is 4.79 Å². The van der Waals surface area contributed by atoms with Gasteiger partial charge in [0.1, 0.15) is 10.3 Å². The van der Waals surface area contributed by atoms with Crippen LogP contribution in [0.25, 0.3) is 0 Å². The molecule has 2 N–H and O–H groups in total. The molecule has 0 saturated heterocycles. The van der Waals surface area contributed by atoms with Crippen molar-refractivity contribution < 1.29 is 4.74 Å². The Morgan fingerprint density at radius 1 is 1.75 bits per heavy atom. The number of nitrogens with one attached hydrogen (secondary N) is 2. The standard InChI is InChI=1S/C9H13BrClN3O2/c1-16-4-6(2-3-11)14-8-7(10)9(15)13-5-12-8/h5-6H,2-4H2,1H3,(H2,12,13,14,15). The minimum Gasteiger partial charge on any atom is -0.383 e. The summed E-state index contributed by atoms with van der Waals surface area (Å²) in [5.74, 6) is 1.01. The molecule has 0 radical (unpaired) electrons. The zero-order chi connectivity index (χ0) is 12.0. The van der Waals surface area contributed by atoms with E-state index < -0.39 is 0 Å². The molecule has 1 aromatic rings. The minimum absolute atomic E-state index is 0.0353. The van der Waals surface area contributed by atoms with Crippen molar-refractivity contribution in [2.24, 2.45) is 0 Å². The number of hydrogen-bond donors (Lipinski definition) is 2. The number of aromatic nitrogens is 2. The lowest BCUT2D eigenvalue weighted by atomic mass is 10.2. The van der Waals surface area contributed by atoms with Gasteiger partial charge in [-0.2, -0.15) is 0 Å². The predicted octanol–water partition coefficient (Wildman–Crippen LogP) is 1.59. The maximum absolute atomic E-state index is 11.3. The molecule has 7 heteroatoms. The number of H-pyrrole nitrogens is 1. The smallest absolute Gasteiger partial charge is 0.267 e. The highest BCUT2D eigenvalue weighted by Gasteiger charge is 2.11. The van der Waals surface area contributed by atoms with Crippen LogP contribution in [-0.2, 0) is 4.74 Å². The highest BCUT2D eigenvalue weighted by atomic mass is 79.9. The van der Waals surface area contributed by atoms with Crippen molar-refractivity contribution in [1.29, 1.82) is 0 Å². The molecule has 0 saturated carbocycles. The fraction of sp³-hybridized carbons (Fsp3) is 0.556. The van der Waals surface area contributed by atoms with E-state index in [4.69, 9.17) is 16.3 Å². The van der Waals surface area contributed by atoms with E-state index in [9.17, 15) is 4.79 Å². The quantitative estimate of drug-likeness (QED) is 0.783. The minimum atomic E-state index is -0.223. The third kappa shape index (κ3) is 3.77. The van der Waals surface area contributed by atoms with Crippen LogP contribution in [0.5, 0.6) is 0 Å². The van der Waals surface area contributed by atoms with E-state index in [2.05, 4.69) is 31.2 Å². The van der Waals surface area contributed by atoms with Crippen molar-refractivity contribution in [1.82, 2.24) is 9.97 Å². The first kappa shape index (κ1) is 13.5. The Morgan fingerprint density at radius 3 is 3.12 bits per heavy atom. The lowest BCUT2D eigenvalue weighted by Gasteiger charge is -2.17. The first-order valence-electron chi connectivity index (χ1n) is 4.73. The molecule has 1 unspecified atom stereocenters. The molecule has 0 fully saturated rings. The Kier molecular flexibility index (Phi) is 5.79. The van der Waals surface area contributed by atoms with Crippen molar-refractivity contribution in [2.45, 2.75) is 12.5 Å². The van der Waals surface area contributed by atoms with Crippen molar-refractivity contribution in [3.8, 4) is 0 Å². The Labute approximate surface area is 107 Å². The number of methoxy groups -OCH3 is 1. The average molecular weight is 311 g/mol. The van der Waals surface area contributed by atoms with Crippen LogP contribution < -0.4 is 10.9 Å². The van der Waals surface area contributed by atoms with Gasteiger partial charge in [-0.25, -0.2) is 4.98 Å². The highest BCUT2D eigenvalue weighted by molar-refractivity contribution is 9.10. The average Bonchev–Trinajstić information content (AvgIpc) is 2.25. The summed E-state index contributed by atoms with van der Waals surface area (Å²) < 4.78 is 5.43. The zero-order valence-corrected chi connectivity index (χ0v) is 11.1. The van der Waals surface area contributed by atoms with Crippen LogP contribution in [0.3, 0.4) is 0 Å². The number of ether oxygens (including phenoxy) is 1. The van der Waals surface area contributed by atoms with E-state index in [0.717, 1.165) is 6.42 Å². The number of alkyl halides is 1. The van der Waals surface area contributed by atoms with Gasteiger partial charge >= 0.3 is 0 Å². The first-order chi connectivity index (χ1) is 7.69. The normalized spacial score (nSPS) is 12.4. The third-order valence-electron chi connectivity index (χ3n) is 1.96. The second kappa shape index (κ2) is 6.88. The Hall–Kier alpha value is -0.590. The van der Waals surface area contributed by atoms with E-state index in [1.807, 2.05) is 0 Å². The number of rotatable bonds is 6. The van der Waals surface area contributed by atoms with E-state index >= 15 is 0 Å². The lowest BCUT2D eigenvalue weighted by Crippen LogP contribution is -2.27. The van der Waals surface area contributed by atoms with Gasteiger partial charge in [0, 0.05) is 13.0 Å². The third-order valence-corrected chi connectivity index (χ3v) is 2.92. The van der Waals surface area contributed by atoms with Gasteiger partial charge in [0.2, 0.25) is 0 Å². The van der Waals surface area contributed by atoms with Crippen LogP contribution in [0.15, 0.2) is 15.6 Å². The molecule has 16 heavy (non-hydrogen) atoms. The maximum Gasteiger partial charge on any atom is 0.267 e. The summed E-state index contributed by atoms with van der Waals surface area (Å²) in [6.07, 6.45) is 2.08. The summed E-state index contributed by atoms with van der Waals surface area (Å²) in [7, 11) is 1.61. The summed E-state index contributed by atoms with van der Waals surface area (Å²) in [4.78, 5) is 17.8. The zero-order valence-electron chi connectivity index (χ0n) is 8.80. The number of anilines is 1. The van der Waals surface area contributed by atoms with E-state index in [1.54, 1.807) is 7.11 Å². The second-order valence-electron chi connectivity index (χ2n) is 3.17. The number of hydrogen-bond acceptors (Lipinski definition) is 4. The number of halogens is 2. The molecule has 0 aliphatic heterocycles. The fourth-order valence-electron chi connectivity index (χ4n) is 1.21.